The third kappa shape index (κ3) is 2.25. The Labute approximate surface area is 123 Å². The van der Waals surface area contributed by atoms with Gasteiger partial charge in [0.2, 0.25) is 0 Å². The van der Waals surface area contributed by atoms with Crippen LogP contribution in [0.3, 0.4) is 0 Å². The summed E-state index contributed by atoms with van der Waals surface area (Å²) >= 11 is 4.24. The lowest BCUT2D eigenvalue weighted by Crippen LogP contribution is -2.24. The standard InChI is InChI=1S/C14H20.I2/c1-14(2)12-6-7-13(14)9-11-5-3-4-10(11)8-12;1-2/h3-4,6-7,10-13H,5,8-9H2,1-2H3;. The smallest absolute Gasteiger partial charge is 0 e. The molecule has 4 unspecified atom stereocenters. The van der Waals surface area contributed by atoms with Crippen molar-refractivity contribution in [1.29, 1.82) is 0 Å². The van der Waals surface area contributed by atoms with Gasteiger partial charge in [-0.3, -0.25) is 0 Å². The largest absolute Gasteiger partial charge is 0.0880 e. The van der Waals surface area contributed by atoms with E-state index in [0.29, 0.717) is 5.41 Å². The predicted molar refractivity (Wildman–Crippen MR) is 87.9 cm³/mol. The van der Waals surface area contributed by atoms with Gasteiger partial charge < -0.3 is 0 Å². The van der Waals surface area contributed by atoms with E-state index in [1.807, 2.05) is 0 Å². The second-order valence-electron chi connectivity index (χ2n) is 5.98. The van der Waals surface area contributed by atoms with Gasteiger partial charge in [-0.1, -0.05) is 38.2 Å². The lowest BCUT2D eigenvalue weighted by Gasteiger charge is -2.31. The Morgan fingerprint density at radius 3 is 2.31 bits per heavy atom. The first-order chi connectivity index (χ1) is 7.68. The summed E-state index contributed by atoms with van der Waals surface area (Å²) < 4.78 is 0. The summed E-state index contributed by atoms with van der Waals surface area (Å²) in [6.07, 6.45) is 14.1. The quantitative estimate of drug-likeness (QED) is 0.340. The Balaban J connectivity index is 0.000000457. The van der Waals surface area contributed by atoms with Crippen LogP contribution < -0.4 is 0 Å². The molecule has 0 aromatic heterocycles. The fourth-order valence-corrected chi connectivity index (χ4v) is 3.73. The molecule has 0 nitrogen and oxygen atoms in total. The number of hydrogen-bond donors (Lipinski definition) is 0. The molecular formula is C14H20I2. The number of fused-ring (bicyclic) bond motifs is 3. The predicted octanol–water partition coefficient (Wildman–Crippen LogP) is 5.57. The summed E-state index contributed by atoms with van der Waals surface area (Å²) in [5.74, 6) is 3.55. The average Bonchev–Trinajstić information content (AvgIpc) is 2.74. The van der Waals surface area contributed by atoms with Crippen LogP contribution in [0.5, 0.6) is 0 Å². The molecule has 0 saturated heterocycles. The molecule has 4 atom stereocenters. The average molecular weight is 442 g/mol. The van der Waals surface area contributed by atoms with E-state index in [1.165, 1.54) is 19.3 Å². The molecule has 3 aliphatic carbocycles. The summed E-state index contributed by atoms with van der Waals surface area (Å²) in [4.78, 5) is 0. The van der Waals surface area contributed by atoms with Crippen molar-refractivity contribution in [1.82, 2.24) is 0 Å². The molecule has 0 N–H and O–H groups in total. The van der Waals surface area contributed by atoms with Gasteiger partial charge in [-0.2, -0.15) is 0 Å². The molecule has 2 bridgehead atoms. The van der Waals surface area contributed by atoms with Crippen LogP contribution in [0.4, 0.5) is 0 Å². The Hall–Kier alpha value is 0.940. The second kappa shape index (κ2) is 5.29. The van der Waals surface area contributed by atoms with Crippen molar-refractivity contribution in [2.45, 2.75) is 33.1 Å². The second-order valence-corrected chi connectivity index (χ2v) is 5.98. The van der Waals surface area contributed by atoms with E-state index in [9.17, 15) is 0 Å². The zero-order chi connectivity index (χ0) is 11.8. The monoisotopic (exact) mass is 442 g/mol. The Bertz CT molecular complexity index is 304. The van der Waals surface area contributed by atoms with E-state index in [0.717, 1.165) is 23.7 Å². The summed E-state index contributed by atoms with van der Waals surface area (Å²) in [5.41, 5.74) is 0.540. The van der Waals surface area contributed by atoms with E-state index in [4.69, 9.17) is 0 Å². The molecular weight excluding hydrogens is 422 g/mol. The summed E-state index contributed by atoms with van der Waals surface area (Å²) in [6, 6.07) is 0. The fourth-order valence-electron chi connectivity index (χ4n) is 3.73. The lowest BCUT2D eigenvalue weighted by molar-refractivity contribution is 0.202. The van der Waals surface area contributed by atoms with Crippen molar-refractivity contribution in [2.75, 3.05) is 0 Å². The number of halogens is 2. The van der Waals surface area contributed by atoms with Crippen LogP contribution in [-0.2, 0) is 0 Å². The van der Waals surface area contributed by atoms with Crippen LogP contribution in [-0.4, -0.2) is 0 Å². The zero-order valence-electron chi connectivity index (χ0n) is 10.00. The van der Waals surface area contributed by atoms with Crippen molar-refractivity contribution in [3.05, 3.63) is 24.3 Å². The molecule has 0 aromatic rings. The van der Waals surface area contributed by atoms with E-state index < -0.39 is 0 Å². The molecule has 3 rings (SSSR count). The Morgan fingerprint density at radius 2 is 1.62 bits per heavy atom. The van der Waals surface area contributed by atoms with Crippen LogP contribution in [0, 0.1) is 29.1 Å². The first-order valence-electron chi connectivity index (χ1n) is 6.17. The topological polar surface area (TPSA) is 0 Å². The number of rotatable bonds is 0. The zero-order valence-corrected chi connectivity index (χ0v) is 14.3. The molecule has 0 aliphatic heterocycles. The summed E-state index contributed by atoms with van der Waals surface area (Å²) in [7, 11) is 0. The van der Waals surface area contributed by atoms with Crippen molar-refractivity contribution >= 4 is 37.2 Å². The molecule has 0 heterocycles. The number of allylic oxidation sites excluding steroid dienone is 4. The van der Waals surface area contributed by atoms with Crippen molar-refractivity contribution < 1.29 is 0 Å². The van der Waals surface area contributed by atoms with Gasteiger partial charge in [-0.05, 0) is 48.3 Å². The fraction of sp³-hybridized carbons (Fsp3) is 0.714. The van der Waals surface area contributed by atoms with Gasteiger partial charge in [0.1, 0.15) is 0 Å². The first kappa shape index (κ1) is 13.4. The van der Waals surface area contributed by atoms with Crippen LogP contribution in [0.1, 0.15) is 33.1 Å². The third-order valence-electron chi connectivity index (χ3n) is 5.00. The molecule has 3 aliphatic rings. The molecule has 0 aromatic carbocycles. The van der Waals surface area contributed by atoms with E-state index in [-0.39, 0.29) is 0 Å². The summed E-state index contributed by atoms with van der Waals surface area (Å²) in [5, 5.41) is 0. The van der Waals surface area contributed by atoms with Gasteiger partial charge in [0.25, 0.3) is 0 Å². The Kier molecular flexibility index (Phi) is 4.42. The molecule has 16 heavy (non-hydrogen) atoms. The van der Waals surface area contributed by atoms with Gasteiger partial charge in [0.15, 0.2) is 0 Å². The minimum Gasteiger partial charge on any atom is -0.0880 e. The van der Waals surface area contributed by atoms with Crippen molar-refractivity contribution in [3.63, 3.8) is 0 Å². The Morgan fingerprint density at radius 1 is 1.00 bits per heavy atom. The molecule has 90 valence electrons. The van der Waals surface area contributed by atoms with Crippen molar-refractivity contribution in [2.24, 2.45) is 29.1 Å². The third-order valence-corrected chi connectivity index (χ3v) is 5.00. The maximum absolute atomic E-state index is 2.50. The van der Waals surface area contributed by atoms with E-state index >= 15 is 0 Å². The van der Waals surface area contributed by atoms with Crippen LogP contribution in [0.2, 0.25) is 0 Å². The molecule has 0 radical (unpaired) electrons. The van der Waals surface area contributed by atoms with Crippen molar-refractivity contribution in [3.8, 4) is 0 Å². The van der Waals surface area contributed by atoms with Crippen LogP contribution in [0.25, 0.3) is 0 Å². The maximum atomic E-state index is 2.50. The van der Waals surface area contributed by atoms with Gasteiger partial charge >= 0.3 is 0 Å². The first-order valence-corrected chi connectivity index (χ1v) is 12.5. The molecule has 1 saturated carbocycles. The van der Waals surface area contributed by atoms with Crippen LogP contribution in [0.15, 0.2) is 24.3 Å². The summed E-state index contributed by atoms with van der Waals surface area (Å²) in [6.45, 7) is 4.93. The maximum Gasteiger partial charge on any atom is 0 e. The normalized spacial score (nSPS) is 42.2. The molecule has 1 fully saturated rings. The molecule has 0 amide bonds. The highest BCUT2D eigenvalue weighted by Gasteiger charge is 2.45. The number of hydrogen-bond acceptors (Lipinski definition) is 0. The minimum atomic E-state index is 0.540. The molecule has 0 spiro atoms. The highest BCUT2D eigenvalue weighted by atomic mass is 128. The van der Waals surface area contributed by atoms with Gasteiger partial charge in [0.05, 0.1) is 0 Å². The van der Waals surface area contributed by atoms with Gasteiger partial charge in [0, 0.05) is 37.2 Å². The van der Waals surface area contributed by atoms with Gasteiger partial charge in [-0.25, -0.2) is 0 Å². The van der Waals surface area contributed by atoms with Crippen LogP contribution >= 0.6 is 37.2 Å². The lowest BCUT2D eigenvalue weighted by atomic mass is 9.73. The highest BCUT2D eigenvalue weighted by molar-refractivity contribution is 15.0. The highest BCUT2D eigenvalue weighted by Crippen LogP contribution is 2.54. The van der Waals surface area contributed by atoms with E-state index in [2.05, 4.69) is 75.4 Å². The minimum absolute atomic E-state index is 0.540. The van der Waals surface area contributed by atoms with E-state index in [1.54, 1.807) is 0 Å². The molecule has 2 heteroatoms. The SMILES string of the molecule is CC1(C)C2C=CC1CC1CC=CC1C2.II. The van der Waals surface area contributed by atoms with Gasteiger partial charge in [-0.15, -0.1) is 0 Å².